The van der Waals surface area contributed by atoms with Crippen LogP contribution in [0, 0.1) is 11.2 Å². The fraction of sp³-hybridized carbons (Fsp3) is 0.333. The molecule has 0 saturated heterocycles. The molecule has 0 unspecified atom stereocenters. The minimum Gasteiger partial charge on any atom is -0.493 e. The number of methoxy groups -OCH3 is 1. The molecule has 0 saturated carbocycles. The highest BCUT2D eigenvalue weighted by atomic mass is 32.2. The van der Waals surface area contributed by atoms with E-state index in [0.29, 0.717) is 25.5 Å². The molecule has 1 N–H and O–H groups in total. The van der Waals surface area contributed by atoms with Crippen LogP contribution >= 0.6 is 0 Å². The summed E-state index contributed by atoms with van der Waals surface area (Å²) in [5.74, 6) is -0.0548. The third-order valence-corrected chi connectivity index (χ3v) is 6.57. The van der Waals surface area contributed by atoms with Crippen LogP contribution in [0.15, 0.2) is 65.7 Å². The summed E-state index contributed by atoms with van der Waals surface area (Å²) in [5.41, 5.74) is 0.973. The zero-order valence-corrected chi connectivity index (χ0v) is 19.6. The van der Waals surface area contributed by atoms with Crippen LogP contribution in [0.5, 0.6) is 5.75 Å². The molecule has 172 valence electrons. The monoisotopic (exact) mass is 460 g/mol. The van der Waals surface area contributed by atoms with E-state index in [1.54, 1.807) is 50.6 Å². The van der Waals surface area contributed by atoms with Gasteiger partial charge in [-0.1, -0.05) is 32.0 Å². The highest BCUT2D eigenvalue weighted by Gasteiger charge is 2.24. The summed E-state index contributed by atoms with van der Waals surface area (Å²) in [7, 11) is -0.610. The molecule has 0 fully saturated rings. The molecule has 3 aromatic rings. The Morgan fingerprint density at radius 2 is 1.81 bits per heavy atom. The van der Waals surface area contributed by atoms with Gasteiger partial charge in [-0.15, -0.1) is 0 Å². The van der Waals surface area contributed by atoms with Crippen LogP contribution in [-0.2, 0) is 21.3 Å². The van der Waals surface area contributed by atoms with Crippen LogP contribution in [0.25, 0.3) is 11.3 Å². The third-order valence-electron chi connectivity index (χ3n) is 4.90. The van der Waals surface area contributed by atoms with Crippen LogP contribution in [-0.4, -0.2) is 39.8 Å². The van der Waals surface area contributed by atoms with Crippen molar-refractivity contribution >= 4 is 10.0 Å². The molecule has 2 aromatic carbocycles. The van der Waals surface area contributed by atoms with Gasteiger partial charge in [-0.25, -0.2) is 16.8 Å². The Hall–Kier alpha value is -2.68. The van der Waals surface area contributed by atoms with Gasteiger partial charge >= 0.3 is 0 Å². The average molecular weight is 461 g/mol. The lowest BCUT2D eigenvalue weighted by molar-refractivity contribution is 0.0643. The summed E-state index contributed by atoms with van der Waals surface area (Å²) in [4.78, 5) is 0.0590. The largest absolute Gasteiger partial charge is 0.493 e. The Kier molecular flexibility index (Phi) is 7.38. The first-order valence-corrected chi connectivity index (χ1v) is 11.7. The van der Waals surface area contributed by atoms with Gasteiger partial charge in [0.2, 0.25) is 0 Å². The van der Waals surface area contributed by atoms with E-state index < -0.39 is 15.8 Å². The van der Waals surface area contributed by atoms with Crippen molar-refractivity contribution in [3.63, 3.8) is 0 Å². The molecule has 0 radical (unpaired) electrons. The van der Waals surface area contributed by atoms with Crippen molar-refractivity contribution in [1.29, 1.82) is 0 Å². The SMILES string of the molecule is CNCc1cc(-c2ccccc2F)n(S(=O)(=O)c2cccc(OCC(C)(C)COC)c2)c1. The molecule has 0 aliphatic rings. The maximum atomic E-state index is 14.5. The lowest BCUT2D eigenvalue weighted by Gasteiger charge is -2.23. The zero-order valence-electron chi connectivity index (χ0n) is 18.8. The lowest BCUT2D eigenvalue weighted by Crippen LogP contribution is -2.26. The molecule has 1 heterocycles. The normalized spacial score (nSPS) is 12.2. The van der Waals surface area contributed by atoms with Crippen LogP contribution in [0.1, 0.15) is 19.4 Å². The number of hydrogen-bond donors (Lipinski definition) is 1. The van der Waals surface area contributed by atoms with Crippen molar-refractivity contribution in [3.8, 4) is 17.0 Å². The fourth-order valence-corrected chi connectivity index (χ4v) is 4.84. The quantitative estimate of drug-likeness (QED) is 0.489. The van der Waals surface area contributed by atoms with Crippen molar-refractivity contribution in [2.24, 2.45) is 5.41 Å². The molecular formula is C24H29FN2O4S. The zero-order chi connectivity index (χ0) is 23.4. The minimum absolute atomic E-state index is 0.0590. The van der Waals surface area contributed by atoms with Crippen LogP contribution in [0.4, 0.5) is 4.39 Å². The van der Waals surface area contributed by atoms with E-state index in [0.717, 1.165) is 9.54 Å². The molecular weight excluding hydrogens is 431 g/mol. The van der Waals surface area contributed by atoms with Gasteiger partial charge in [-0.05, 0) is 42.9 Å². The molecule has 32 heavy (non-hydrogen) atoms. The summed E-state index contributed by atoms with van der Waals surface area (Å²) in [5, 5.41) is 3.00. The van der Waals surface area contributed by atoms with E-state index in [9.17, 15) is 12.8 Å². The van der Waals surface area contributed by atoms with Gasteiger partial charge in [0.05, 0.1) is 23.8 Å². The fourth-order valence-electron chi connectivity index (χ4n) is 3.41. The molecule has 0 amide bonds. The molecule has 3 rings (SSSR count). The number of nitrogens with one attached hydrogen (secondary N) is 1. The topological polar surface area (TPSA) is 69.6 Å². The number of halogens is 1. The molecule has 0 aliphatic carbocycles. The van der Waals surface area contributed by atoms with E-state index in [1.807, 2.05) is 13.8 Å². The second kappa shape index (κ2) is 9.85. The van der Waals surface area contributed by atoms with Gasteiger partial charge in [0.15, 0.2) is 0 Å². The molecule has 1 aromatic heterocycles. The Bertz CT molecular complexity index is 1170. The predicted octanol–water partition coefficient (Wildman–Crippen LogP) is 4.30. The number of benzene rings is 2. The number of aromatic nitrogens is 1. The van der Waals surface area contributed by atoms with E-state index in [1.165, 1.54) is 24.4 Å². The van der Waals surface area contributed by atoms with Gasteiger partial charge in [-0.3, -0.25) is 0 Å². The lowest BCUT2D eigenvalue weighted by atomic mass is 9.96. The van der Waals surface area contributed by atoms with Gasteiger partial charge in [0, 0.05) is 36.9 Å². The number of nitrogens with zero attached hydrogens (tertiary/aromatic N) is 1. The molecule has 0 spiro atoms. The summed E-state index contributed by atoms with van der Waals surface area (Å²) in [6, 6.07) is 14.1. The van der Waals surface area contributed by atoms with Crippen LogP contribution < -0.4 is 10.1 Å². The van der Waals surface area contributed by atoms with Crippen molar-refractivity contribution in [2.75, 3.05) is 27.4 Å². The van der Waals surface area contributed by atoms with Gasteiger partial charge in [0.25, 0.3) is 10.0 Å². The third kappa shape index (κ3) is 5.38. The Balaban J connectivity index is 2.00. The smallest absolute Gasteiger partial charge is 0.268 e. The van der Waals surface area contributed by atoms with Gasteiger partial charge < -0.3 is 14.8 Å². The Morgan fingerprint density at radius 1 is 1.06 bits per heavy atom. The van der Waals surface area contributed by atoms with Crippen molar-refractivity contribution in [2.45, 2.75) is 25.3 Å². The van der Waals surface area contributed by atoms with Crippen LogP contribution in [0.3, 0.4) is 0 Å². The molecule has 6 nitrogen and oxygen atoms in total. The molecule has 8 heteroatoms. The first kappa shape index (κ1) is 24.0. The predicted molar refractivity (Wildman–Crippen MR) is 123 cm³/mol. The Morgan fingerprint density at radius 3 is 2.50 bits per heavy atom. The summed E-state index contributed by atoms with van der Waals surface area (Å²) in [6.45, 7) is 5.32. The number of hydrogen-bond acceptors (Lipinski definition) is 5. The van der Waals surface area contributed by atoms with E-state index >= 15 is 0 Å². The van der Waals surface area contributed by atoms with E-state index in [4.69, 9.17) is 9.47 Å². The van der Waals surface area contributed by atoms with E-state index in [2.05, 4.69) is 5.32 Å². The second-order valence-corrected chi connectivity index (χ2v) is 10.2. The standard InChI is InChI=1S/C24H29FN2O4S/c1-24(2,16-30-4)17-31-19-8-7-9-20(13-19)32(28,29)27-15-18(14-26-3)12-23(27)21-10-5-6-11-22(21)25/h5-13,15,26H,14,16-17H2,1-4H3. The first-order chi connectivity index (χ1) is 15.2. The second-order valence-electron chi connectivity index (χ2n) is 8.41. The molecule has 0 bridgehead atoms. The highest BCUT2D eigenvalue weighted by molar-refractivity contribution is 7.90. The van der Waals surface area contributed by atoms with Gasteiger partial charge in [-0.2, -0.15) is 0 Å². The van der Waals surface area contributed by atoms with E-state index in [-0.39, 0.29) is 21.6 Å². The summed E-state index contributed by atoms with van der Waals surface area (Å²) in [6.07, 6.45) is 1.52. The van der Waals surface area contributed by atoms with Crippen LogP contribution in [0.2, 0.25) is 0 Å². The number of ether oxygens (including phenoxy) is 2. The summed E-state index contributed by atoms with van der Waals surface area (Å²) >= 11 is 0. The highest BCUT2D eigenvalue weighted by Crippen LogP contribution is 2.30. The summed E-state index contributed by atoms with van der Waals surface area (Å²) < 4.78 is 53.8. The van der Waals surface area contributed by atoms with Crippen molar-refractivity contribution in [1.82, 2.24) is 9.29 Å². The minimum atomic E-state index is -4.00. The average Bonchev–Trinajstić information content (AvgIpc) is 3.18. The maximum Gasteiger partial charge on any atom is 0.268 e. The Labute approximate surface area is 189 Å². The maximum absolute atomic E-state index is 14.5. The first-order valence-electron chi connectivity index (χ1n) is 10.3. The van der Waals surface area contributed by atoms with Crippen molar-refractivity contribution in [3.05, 3.63) is 72.2 Å². The van der Waals surface area contributed by atoms with Crippen molar-refractivity contribution < 1.29 is 22.3 Å². The van der Waals surface area contributed by atoms with Gasteiger partial charge in [0.1, 0.15) is 11.6 Å². The molecule has 0 aliphatic heterocycles. The molecule has 0 atom stereocenters. The number of rotatable bonds is 10.